The number of nitrogens with zero attached hydrogens (tertiary/aromatic N) is 2. The lowest BCUT2D eigenvalue weighted by Crippen LogP contribution is -1.86. The SMILES string of the molecule is CCCCCCCc1nnc(/C=C/C(=O)O)o1. The van der Waals surface area contributed by atoms with Crippen molar-refractivity contribution in [1.29, 1.82) is 0 Å². The summed E-state index contributed by atoms with van der Waals surface area (Å²) in [5.41, 5.74) is 0. The third-order valence-electron chi connectivity index (χ3n) is 2.35. The van der Waals surface area contributed by atoms with Crippen LogP contribution < -0.4 is 0 Å². The Morgan fingerprint density at radius 2 is 2.06 bits per heavy atom. The standard InChI is InChI=1S/C12H18N2O3/c1-2-3-4-5-6-7-10-13-14-11(17-10)8-9-12(15)16/h8-9H,2-7H2,1H3,(H,15,16)/b9-8+. The summed E-state index contributed by atoms with van der Waals surface area (Å²) >= 11 is 0. The highest BCUT2D eigenvalue weighted by molar-refractivity contribution is 5.84. The molecule has 0 aliphatic carbocycles. The van der Waals surface area contributed by atoms with E-state index in [9.17, 15) is 4.79 Å². The van der Waals surface area contributed by atoms with E-state index in [1.54, 1.807) is 0 Å². The highest BCUT2D eigenvalue weighted by Gasteiger charge is 2.03. The van der Waals surface area contributed by atoms with E-state index in [0.29, 0.717) is 5.89 Å². The van der Waals surface area contributed by atoms with Crippen LogP contribution in [0.2, 0.25) is 0 Å². The maximum absolute atomic E-state index is 10.3. The molecule has 17 heavy (non-hydrogen) atoms. The van der Waals surface area contributed by atoms with Crippen molar-refractivity contribution in [2.45, 2.75) is 45.4 Å². The predicted molar refractivity (Wildman–Crippen MR) is 63.4 cm³/mol. The second-order valence-electron chi connectivity index (χ2n) is 3.87. The number of aliphatic carboxylic acids is 1. The van der Waals surface area contributed by atoms with E-state index < -0.39 is 5.97 Å². The quantitative estimate of drug-likeness (QED) is 0.556. The van der Waals surface area contributed by atoms with E-state index in [0.717, 1.165) is 25.3 Å². The lowest BCUT2D eigenvalue weighted by Gasteiger charge is -1.96. The third-order valence-corrected chi connectivity index (χ3v) is 2.35. The Hall–Kier alpha value is -1.65. The van der Waals surface area contributed by atoms with Crippen molar-refractivity contribution in [3.05, 3.63) is 17.9 Å². The number of aryl methyl sites for hydroxylation is 1. The van der Waals surface area contributed by atoms with Gasteiger partial charge in [0.1, 0.15) is 0 Å². The minimum Gasteiger partial charge on any atom is -0.478 e. The number of carboxylic acids is 1. The van der Waals surface area contributed by atoms with Crippen LogP contribution in [0.4, 0.5) is 0 Å². The molecule has 1 aromatic rings. The molecule has 94 valence electrons. The molecule has 0 atom stereocenters. The molecule has 0 radical (unpaired) electrons. The molecule has 0 amide bonds. The second kappa shape index (κ2) is 7.60. The number of aromatic nitrogens is 2. The number of carbonyl (C=O) groups is 1. The molecule has 0 aromatic carbocycles. The Morgan fingerprint density at radius 1 is 1.29 bits per heavy atom. The van der Waals surface area contributed by atoms with Gasteiger partial charge in [0.05, 0.1) is 0 Å². The third kappa shape index (κ3) is 5.85. The van der Waals surface area contributed by atoms with Gasteiger partial charge in [0.2, 0.25) is 11.8 Å². The highest BCUT2D eigenvalue weighted by Crippen LogP contribution is 2.08. The molecule has 0 aliphatic rings. The Bertz CT molecular complexity index is 372. The summed E-state index contributed by atoms with van der Waals surface area (Å²) in [6.07, 6.45) is 8.96. The summed E-state index contributed by atoms with van der Waals surface area (Å²) in [6, 6.07) is 0. The zero-order chi connectivity index (χ0) is 12.5. The van der Waals surface area contributed by atoms with Crippen LogP contribution in [0.1, 0.15) is 50.8 Å². The number of carboxylic acid groups (broad SMARTS) is 1. The molecule has 5 nitrogen and oxygen atoms in total. The number of rotatable bonds is 8. The van der Waals surface area contributed by atoms with Gasteiger partial charge >= 0.3 is 5.97 Å². The largest absolute Gasteiger partial charge is 0.478 e. The molecule has 0 saturated carbocycles. The molecule has 5 heteroatoms. The Balaban J connectivity index is 2.28. The maximum atomic E-state index is 10.3. The summed E-state index contributed by atoms with van der Waals surface area (Å²) in [4.78, 5) is 10.3. The Kier molecular flexibility index (Phi) is 5.99. The van der Waals surface area contributed by atoms with Crippen molar-refractivity contribution in [1.82, 2.24) is 10.2 Å². The van der Waals surface area contributed by atoms with Gasteiger partial charge in [-0.2, -0.15) is 0 Å². The molecule has 1 rings (SSSR count). The fourth-order valence-corrected chi connectivity index (χ4v) is 1.46. The molecule has 0 saturated heterocycles. The van der Waals surface area contributed by atoms with Gasteiger partial charge in [0.15, 0.2) is 0 Å². The van der Waals surface area contributed by atoms with Crippen LogP contribution in [-0.2, 0) is 11.2 Å². The minimum atomic E-state index is -1.02. The first-order valence-corrected chi connectivity index (χ1v) is 5.95. The smallest absolute Gasteiger partial charge is 0.328 e. The van der Waals surface area contributed by atoms with Crippen molar-refractivity contribution in [3.8, 4) is 0 Å². The number of hydrogen-bond donors (Lipinski definition) is 1. The fourth-order valence-electron chi connectivity index (χ4n) is 1.46. The van der Waals surface area contributed by atoms with Crippen LogP contribution in [0.25, 0.3) is 6.08 Å². The zero-order valence-corrected chi connectivity index (χ0v) is 10.1. The number of hydrogen-bond acceptors (Lipinski definition) is 4. The van der Waals surface area contributed by atoms with Crippen molar-refractivity contribution in [2.24, 2.45) is 0 Å². The average molecular weight is 238 g/mol. The van der Waals surface area contributed by atoms with Gasteiger partial charge in [0, 0.05) is 18.6 Å². The van der Waals surface area contributed by atoms with Crippen LogP contribution >= 0.6 is 0 Å². The molecule has 1 aromatic heterocycles. The van der Waals surface area contributed by atoms with Crippen molar-refractivity contribution < 1.29 is 14.3 Å². The van der Waals surface area contributed by atoms with Gasteiger partial charge < -0.3 is 9.52 Å². The lowest BCUT2D eigenvalue weighted by atomic mass is 10.1. The van der Waals surface area contributed by atoms with Crippen molar-refractivity contribution in [2.75, 3.05) is 0 Å². The maximum Gasteiger partial charge on any atom is 0.328 e. The van der Waals surface area contributed by atoms with E-state index in [-0.39, 0.29) is 5.89 Å². The monoisotopic (exact) mass is 238 g/mol. The van der Waals surface area contributed by atoms with Crippen LogP contribution in [0.5, 0.6) is 0 Å². The van der Waals surface area contributed by atoms with Crippen LogP contribution in [0.15, 0.2) is 10.5 Å². The van der Waals surface area contributed by atoms with Gasteiger partial charge in [-0.05, 0) is 6.42 Å². The Labute approximate surface area is 101 Å². The molecule has 0 bridgehead atoms. The van der Waals surface area contributed by atoms with Crippen molar-refractivity contribution >= 4 is 12.0 Å². The van der Waals surface area contributed by atoms with Gasteiger partial charge in [-0.3, -0.25) is 0 Å². The van der Waals surface area contributed by atoms with Crippen LogP contribution in [-0.4, -0.2) is 21.3 Å². The molecule has 1 N–H and O–H groups in total. The summed E-state index contributed by atoms with van der Waals surface area (Å²) < 4.78 is 5.27. The predicted octanol–water partition coefficient (Wildman–Crippen LogP) is 2.68. The van der Waals surface area contributed by atoms with E-state index in [1.165, 1.54) is 25.3 Å². The highest BCUT2D eigenvalue weighted by atomic mass is 16.4. The summed E-state index contributed by atoms with van der Waals surface area (Å²) in [7, 11) is 0. The van der Waals surface area contributed by atoms with Crippen molar-refractivity contribution in [3.63, 3.8) is 0 Å². The molecule has 0 unspecified atom stereocenters. The first kappa shape index (κ1) is 13.4. The molecule has 0 spiro atoms. The fraction of sp³-hybridized carbons (Fsp3) is 0.583. The molecular weight excluding hydrogens is 220 g/mol. The van der Waals surface area contributed by atoms with Gasteiger partial charge in [-0.1, -0.05) is 32.6 Å². The number of unbranched alkanes of at least 4 members (excludes halogenated alkanes) is 4. The summed E-state index contributed by atoms with van der Waals surface area (Å²) in [5.74, 6) is -0.202. The van der Waals surface area contributed by atoms with E-state index >= 15 is 0 Å². The van der Waals surface area contributed by atoms with E-state index in [4.69, 9.17) is 9.52 Å². The molecule has 0 aliphatic heterocycles. The zero-order valence-electron chi connectivity index (χ0n) is 10.1. The molecule has 1 heterocycles. The van der Waals surface area contributed by atoms with Gasteiger partial charge in [-0.15, -0.1) is 10.2 Å². The normalized spacial score (nSPS) is 11.1. The average Bonchev–Trinajstić information content (AvgIpc) is 2.74. The van der Waals surface area contributed by atoms with Gasteiger partial charge in [0.25, 0.3) is 0 Å². The molecule has 0 fully saturated rings. The van der Waals surface area contributed by atoms with E-state index in [2.05, 4.69) is 17.1 Å². The minimum absolute atomic E-state index is 0.246. The first-order chi connectivity index (χ1) is 8.22. The van der Waals surface area contributed by atoms with Gasteiger partial charge in [-0.25, -0.2) is 4.79 Å². The molecular formula is C12H18N2O3. The summed E-state index contributed by atoms with van der Waals surface area (Å²) in [5, 5.41) is 16.0. The summed E-state index contributed by atoms with van der Waals surface area (Å²) in [6.45, 7) is 2.18. The van der Waals surface area contributed by atoms with E-state index in [1.807, 2.05) is 0 Å². The lowest BCUT2D eigenvalue weighted by molar-refractivity contribution is -0.131. The second-order valence-corrected chi connectivity index (χ2v) is 3.87. The Morgan fingerprint density at radius 3 is 2.76 bits per heavy atom. The topological polar surface area (TPSA) is 76.2 Å². The first-order valence-electron chi connectivity index (χ1n) is 5.95. The van der Waals surface area contributed by atoms with Crippen LogP contribution in [0.3, 0.4) is 0 Å². The van der Waals surface area contributed by atoms with Crippen LogP contribution in [0, 0.1) is 0 Å².